The topological polar surface area (TPSA) is 27.0 Å². The molecule has 94 valence electrons. The molecule has 2 nitrogen and oxygen atoms in total. The molecular weight excluding hydrogens is 196 g/mol. The maximum atomic E-state index is 8.99. The third-order valence-corrected chi connectivity index (χ3v) is 3.01. The first kappa shape index (κ1) is 15.4. The van der Waals surface area contributed by atoms with Crippen molar-refractivity contribution in [2.75, 3.05) is 19.6 Å². The Bertz CT molecular complexity index is 195. The minimum atomic E-state index is -0.170. The fraction of sp³-hybridized carbons (Fsp3) is 0.929. The van der Waals surface area contributed by atoms with Gasteiger partial charge in [0.2, 0.25) is 0 Å². The third-order valence-electron chi connectivity index (χ3n) is 3.01. The lowest BCUT2D eigenvalue weighted by Gasteiger charge is -2.25. The summed E-state index contributed by atoms with van der Waals surface area (Å²) >= 11 is 0. The zero-order chi connectivity index (χ0) is 12.4. The van der Waals surface area contributed by atoms with E-state index in [1.54, 1.807) is 0 Å². The first-order chi connectivity index (χ1) is 7.55. The Hall–Kier alpha value is -0.550. The van der Waals surface area contributed by atoms with Crippen LogP contribution in [0.25, 0.3) is 0 Å². The molecule has 0 fully saturated rings. The van der Waals surface area contributed by atoms with E-state index in [0.29, 0.717) is 0 Å². The second-order valence-electron chi connectivity index (χ2n) is 5.29. The number of rotatable bonds is 9. The van der Waals surface area contributed by atoms with Crippen LogP contribution in [-0.2, 0) is 0 Å². The monoisotopic (exact) mass is 224 g/mol. The van der Waals surface area contributed by atoms with Crippen molar-refractivity contribution in [3.8, 4) is 6.07 Å². The van der Waals surface area contributed by atoms with Gasteiger partial charge in [-0.2, -0.15) is 5.26 Å². The fourth-order valence-electron chi connectivity index (χ4n) is 1.59. The van der Waals surface area contributed by atoms with Crippen LogP contribution in [0.4, 0.5) is 0 Å². The van der Waals surface area contributed by atoms with Gasteiger partial charge in [0.05, 0.1) is 11.5 Å². The lowest BCUT2D eigenvalue weighted by molar-refractivity contribution is 0.235. The molecule has 0 aliphatic heterocycles. The summed E-state index contributed by atoms with van der Waals surface area (Å²) in [7, 11) is 0. The Morgan fingerprint density at radius 3 is 1.88 bits per heavy atom. The van der Waals surface area contributed by atoms with Crippen LogP contribution in [-0.4, -0.2) is 24.5 Å². The minimum absolute atomic E-state index is 0.170. The van der Waals surface area contributed by atoms with Gasteiger partial charge < -0.3 is 4.90 Å². The normalized spacial score (nSPS) is 11.8. The van der Waals surface area contributed by atoms with Gasteiger partial charge in [-0.05, 0) is 52.7 Å². The number of unbranched alkanes of at least 4 members (excludes halogenated alkanes) is 2. The van der Waals surface area contributed by atoms with Crippen molar-refractivity contribution < 1.29 is 0 Å². The van der Waals surface area contributed by atoms with E-state index in [9.17, 15) is 0 Å². The SMILES string of the molecule is CCCCN(CCCC)CCC(C)(C)C#N. The number of nitriles is 1. The molecule has 0 radical (unpaired) electrons. The smallest absolute Gasteiger partial charge is 0.0684 e. The molecule has 16 heavy (non-hydrogen) atoms. The molecule has 0 spiro atoms. The van der Waals surface area contributed by atoms with E-state index >= 15 is 0 Å². The number of nitrogens with zero attached hydrogens (tertiary/aromatic N) is 2. The fourth-order valence-corrected chi connectivity index (χ4v) is 1.59. The van der Waals surface area contributed by atoms with Crippen LogP contribution in [0, 0.1) is 16.7 Å². The van der Waals surface area contributed by atoms with E-state index < -0.39 is 0 Å². The first-order valence-corrected chi connectivity index (χ1v) is 6.69. The van der Waals surface area contributed by atoms with Crippen molar-refractivity contribution in [1.29, 1.82) is 5.26 Å². The Labute approximate surface area is 102 Å². The molecule has 0 rings (SSSR count). The summed E-state index contributed by atoms with van der Waals surface area (Å²) in [5.41, 5.74) is -0.170. The lowest BCUT2D eigenvalue weighted by atomic mass is 9.91. The molecule has 2 heteroatoms. The maximum absolute atomic E-state index is 8.99. The van der Waals surface area contributed by atoms with Crippen molar-refractivity contribution in [3.63, 3.8) is 0 Å². The van der Waals surface area contributed by atoms with Crippen LogP contribution >= 0.6 is 0 Å². The summed E-state index contributed by atoms with van der Waals surface area (Å²) in [5.74, 6) is 0. The van der Waals surface area contributed by atoms with Crippen LogP contribution in [0.5, 0.6) is 0 Å². The number of hydrogen-bond donors (Lipinski definition) is 0. The van der Waals surface area contributed by atoms with Crippen LogP contribution in [0.2, 0.25) is 0 Å². The zero-order valence-corrected chi connectivity index (χ0v) is 11.6. The molecule has 0 N–H and O–H groups in total. The molecule has 0 aromatic rings. The largest absolute Gasteiger partial charge is 0.303 e. The molecule has 0 bridgehead atoms. The van der Waals surface area contributed by atoms with E-state index in [0.717, 1.165) is 13.0 Å². The Kier molecular flexibility index (Phi) is 8.29. The Morgan fingerprint density at radius 1 is 1.00 bits per heavy atom. The molecule has 0 atom stereocenters. The van der Waals surface area contributed by atoms with E-state index in [1.165, 1.54) is 38.8 Å². The summed E-state index contributed by atoms with van der Waals surface area (Å²) in [6.07, 6.45) is 6.04. The molecule has 0 aromatic heterocycles. The molecule has 0 aliphatic carbocycles. The maximum Gasteiger partial charge on any atom is 0.0684 e. The highest BCUT2D eigenvalue weighted by Gasteiger charge is 2.17. The van der Waals surface area contributed by atoms with E-state index in [2.05, 4.69) is 24.8 Å². The molecule has 0 amide bonds. The van der Waals surface area contributed by atoms with Gasteiger partial charge in [-0.3, -0.25) is 0 Å². The summed E-state index contributed by atoms with van der Waals surface area (Å²) in [6, 6.07) is 2.38. The standard InChI is InChI=1S/C14H28N2/c1-5-7-10-16(11-8-6-2)12-9-14(3,4)13-15/h5-12H2,1-4H3. The highest BCUT2D eigenvalue weighted by molar-refractivity contribution is 4.92. The van der Waals surface area contributed by atoms with Gasteiger partial charge in [0.25, 0.3) is 0 Å². The van der Waals surface area contributed by atoms with Crippen LogP contribution in [0.3, 0.4) is 0 Å². The molecule has 0 saturated carbocycles. The molecule has 0 saturated heterocycles. The van der Waals surface area contributed by atoms with Crippen molar-refractivity contribution in [1.82, 2.24) is 4.90 Å². The van der Waals surface area contributed by atoms with E-state index in [-0.39, 0.29) is 5.41 Å². The van der Waals surface area contributed by atoms with Gasteiger partial charge in [-0.1, -0.05) is 26.7 Å². The average Bonchev–Trinajstić information content (AvgIpc) is 2.28. The van der Waals surface area contributed by atoms with Gasteiger partial charge >= 0.3 is 0 Å². The van der Waals surface area contributed by atoms with E-state index in [4.69, 9.17) is 5.26 Å². The Morgan fingerprint density at radius 2 is 1.50 bits per heavy atom. The first-order valence-electron chi connectivity index (χ1n) is 6.69. The van der Waals surface area contributed by atoms with Gasteiger partial charge in [-0.15, -0.1) is 0 Å². The number of hydrogen-bond acceptors (Lipinski definition) is 2. The van der Waals surface area contributed by atoms with Crippen LogP contribution in [0.15, 0.2) is 0 Å². The molecular formula is C14H28N2. The predicted molar refractivity (Wildman–Crippen MR) is 70.3 cm³/mol. The Balaban J connectivity index is 3.95. The molecule has 0 aromatic carbocycles. The van der Waals surface area contributed by atoms with Crippen molar-refractivity contribution >= 4 is 0 Å². The highest BCUT2D eigenvalue weighted by Crippen LogP contribution is 2.19. The third kappa shape index (κ3) is 7.70. The molecule has 0 aliphatic rings. The predicted octanol–water partition coefficient (Wildman–Crippen LogP) is 3.83. The van der Waals surface area contributed by atoms with Crippen LogP contribution in [0.1, 0.15) is 59.8 Å². The average molecular weight is 224 g/mol. The van der Waals surface area contributed by atoms with Gasteiger partial charge in [0, 0.05) is 0 Å². The van der Waals surface area contributed by atoms with Gasteiger partial charge in [0.15, 0.2) is 0 Å². The highest BCUT2D eigenvalue weighted by atomic mass is 15.1. The van der Waals surface area contributed by atoms with Crippen LogP contribution < -0.4 is 0 Å². The van der Waals surface area contributed by atoms with Crippen molar-refractivity contribution in [3.05, 3.63) is 0 Å². The summed E-state index contributed by atoms with van der Waals surface area (Å²) in [4.78, 5) is 2.52. The summed E-state index contributed by atoms with van der Waals surface area (Å²) < 4.78 is 0. The summed E-state index contributed by atoms with van der Waals surface area (Å²) in [6.45, 7) is 12.0. The lowest BCUT2D eigenvalue weighted by Crippen LogP contribution is -2.30. The summed E-state index contributed by atoms with van der Waals surface area (Å²) in [5, 5.41) is 8.99. The second kappa shape index (κ2) is 8.58. The second-order valence-corrected chi connectivity index (χ2v) is 5.29. The van der Waals surface area contributed by atoms with E-state index in [1.807, 2.05) is 13.8 Å². The van der Waals surface area contributed by atoms with Gasteiger partial charge in [0.1, 0.15) is 0 Å². The minimum Gasteiger partial charge on any atom is -0.303 e. The molecule has 0 heterocycles. The molecule has 0 unspecified atom stereocenters. The van der Waals surface area contributed by atoms with Crippen molar-refractivity contribution in [2.45, 2.75) is 59.8 Å². The van der Waals surface area contributed by atoms with Gasteiger partial charge in [-0.25, -0.2) is 0 Å². The van der Waals surface area contributed by atoms with Crippen molar-refractivity contribution in [2.24, 2.45) is 5.41 Å². The zero-order valence-electron chi connectivity index (χ0n) is 11.6. The quantitative estimate of drug-likeness (QED) is 0.595.